The van der Waals surface area contributed by atoms with Gasteiger partial charge in [-0.3, -0.25) is 0 Å². The second-order valence-corrected chi connectivity index (χ2v) is 5.69. The van der Waals surface area contributed by atoms with Crippen LogP contribution in [-0.2, 0) is 13.5 Å². The minimum atomic E-state index is -0.234. The first-order valence-corrected chi connectivity index (χ1v) is 7.63. The molecule has 1 saturated heterocycles. The SMILES string of the molecule is Cn1nnnc1CCNC(=O)N1CCC(c2cccc(F)c2)C1. The van der Waals surface area contributed by atoms with E-state index in [9.17, 15) is 9.18 Å². The van der Waals surface area contributed by atoms with Crippen molar-refractivity contribution in [3.63, 3.8) is 0 Å². The number of hydrogen-bond donors (Lipinski definition) is 1. The lowest BCUT2D eigenvalue weighted by atomic mass is 9.98. The van der Waals surface area contributed by atoms with E-state index in [1.165, 1.54) is 6.07 Å². The predicted octanol–water partition coefficient (Wildman–Crippen LogP) is 1.09. The van der Waals surface area contributed by atoms with Gasteiger partial charge in [0.1, 0.15) is 5.82 Å². The lowest BCUT2D eigenvalue weighted by Gasteiger charge is -2.17. The Morgan fingerprint density at radius 3 is 3.09 bits per heavy atom. The van der Waals surface area contributed by atoms with Gasteiger partial charge in [-0.15, -0.1) is 5.10 Å². The number of rotatable bonds is 4. The molecule has 1 fully saturated rings. The number of carbonyl (C=O) groups excluding carboxylic acids is 1. The summed E-state index contributed by atoms with van der Waals surface area (Å²) in [6.45, 7) is 1.77. The molecule has 1 N–H and O–H groups in total. The number of amides is 2. The Bertz CT molecular complexity index is 688. The van der Waals surface area contributed by atoms with Crippen LogP contribution in [0, 0.1) is 5.82 Å². The van der Waals surface area contributed by atoms with Crippen LogP contribution >= 0.6 is 0 Å². The number of carbonyl (C=O) groups is 1. The van der Waals surface area contributed by atoms with E-state index in [1.807, 2.05) is 6.07 Å². The number of nitrogens with one attached hydrogen (secondary N) is 1. The van der Waals surface area contributed by atoms with Crippen LogP contribution in [0.3, 0.4) is 0 Å². The zero-order valence-electron chi connectivity index (χ0n) is 12.9. The summed E-state index contributed by atoms with van der Waals surface area (Å²) in [5.41, 5.74) is 0.949. The fraction of sp³-hybridized carbons (Fsp3) is 0.467. The van der Waals surface area contributed by atoms with Crippen LogP contribution in [0.25, 0.3) is 0 Å². The molecule has 0 saturated carbocycles. The van der Waals surface area contributed by atoms with Gasteiger partial charge >= 0.3 is 6.03 Å². The smallest absolute Gasteiger partial charge is 0.317 e. The van der Waals surface area contributed by atoms with Crippen molar-refractivity contribution in [2.45, 2.75) is 18.8 Å². The van der Waals surface area contributed by atoms with Gasteiger partial charge in [0.05, 0.1) is 0 Å². The molecule has 0 radical (unpaired) electrons. The first kappa shape index (κ1) is 15.4. The van der Waals surface area contributed by atoms with Crippen LogP contribution in [0.5, 0.6) is 0 Å². The maximum atomic E-state index is 13.3. The van der Waals surface area contributed by atoms with Crippen LogP contribution < -0.4 is 5.32 Å². The van der Waals surface area contributed by atoms with Gasteiger partial charge < -0.3 is 10.2 Å². The van der Waals surface area contributed by atoms with Gasteiger partial charge in [0.25, 0.3) is 0 Å². The molecule has 2 heterocycles. The molecule has 23 heavy (non-hydrogen) atoms. The van der Waals surface area contributed by atoms with Gasteiger partial charge in [0.15, 0.2) is 5.82 Å². The molecule has 122 valence electrons. The Balaban J connectivity index is 1.48. The van der Waals surface area contributed by atoms with E-state index in [2.05, 4.69) is 20.8 Å². The Labute approximate surface area is 133 Å². The van der Waals surface area contributed by atoms with Crippen LogP contribution in [0.1, 0.15) is 23.7 Å². The van der Waals surface area contributed by atoms with Gasteiger partial charge in [-0.2, -0.15) is 0 Å². The third-order valence-electron chi connectivity index (χ3n) is 4.13. The zero-order valence-corrected chi connectivity index (χ0v) is 12.9. The standard InChI is InChI=1S/C15H19FN6O/c1-21-14(18-19-20-21)5-7-17-15(23)22-8-6-12(10-22)11-3-2-4-13(16)9-11/h2-4,9,12H,5-8,10H2,1H3,(H,17,23). The highest BCUT2D eigenvalue weighted by Gasteiger charge is 2.27. The Morgan fingerprint density at radius 2 is 2.35 bits per heavy atom. The second kappa shape index (κ2) is 6.72. The van der Waals surface area contributed by atoms with Crippen molar-refractivity contribution in [3.05, 3.63) is 41.5 Å². The highest BCUT2D eigenvalue weighted by molar-refractivity contribution is 5.74. The van der Waals surface area contributed by atoms with Crippen molar-refractivity contribution in [3.8, 4) is 0 Å². The summed E-state index contributed by atoms with van der Waals surface area (Å²) in [6.07, 6.45) is 1.43. The first-order chi connectivity index (χ1) is 11.1. The fourth-order valence-electron chi connectivity index (χ4n) is 2.83. The summed E-state index contributed by atoms with van der Waals surface area (Å²) >= 11 is 0. The molecule has 2 amide bonds. The summed E-state index contributed by atoms with van der Waals surface area (Å²) in [7, 11) is 1.77. The molecule has 2 aromatic rings. The average Bonchev–Trinajstić information content (AvgIpc) is 3.17. The number of tetrazole rings is 1. The highest BCUT2D eigenvalue weighted by atomic mass is 19.1. The van der Waals surface area contributed by atoms with Gasteiger partial charge in [-0.05, 0) is 34.5 Å². The predicted molar refractivity (Wildman–Crippen MR) is 81.2 cm³/mol. The Kier molecular flexibility index (Phi) is 4.50. The van der Waals surface area contributed by atoms with Crippen LogP contribution in [0.15, 0.2) is 24.3 Å². The van der Waals surface area contributed by atoms with Crippen LogP contribution in [-0.4, -0.2) is 50.8 Å². The summed E-state index contributed by atoms with van der Waals surface area (Å²) in [5.74, 6) is 0.687. The molecule has 0 aliphatic carbocycles. The Hall–Kier alpha value is -2.51. The summed E-state index contributed by atoms with van der Waals surface area (Å²) in [5, 5.41) is 14.1. The molecule has 3 rings (SSSR count). The number of aromatic nitrogens is 4. The van der Waals surface area contributed by atoms with E-state index in [1.54, 1.807) is 28.8 Å². The average molecular weight is 318 g/mol. The first-order valence-electron chi connectivity index (χ1n) is 7.63. The normalized spacial score (nSPS) is 17.5. The van der Waals surface area contributed by atoms with E-state index in [0.29, 0.717) is 26.1 Å². The topological polar surface area (TPSA) is 75.9 Å². The maximum Gasteiger partial charge on any atom is 0.317 e. The Morgan fingerprint density at radius 1 is 1.48 bits per heavy atom. The van der Waals surface area contributed by atoms with Crippen molar-refractivity contribution in [2.75, 3.05) is 19.6 Å². The number of halogens is 1. The minimum Gasteiger partial charge on any atom is -0.338 e. The molecule has 1 aliphatic heterocycles. The minimum absolute atomic E-state index is 0.0981. The monoisotopic (exact) mass is 318 g/mol. The lowest BCUT2D eigenvalue weighted by molar-refractivity contribution is 0.208. The number of hydrogen-bond acceptors (Lipinski definition) is 4. The second-order valence-electron chi connectivity index (χ2n) is 5.69. The van der Waals surface area contributed by atoms with E-state index in [4.69, 9.17) is 0 Å². The zero-order chi connectivity index (χ0) is 16.2. The van der Waals surface area contributed by atoms with E-state index >= 15 is 0 Å². The number of likely N-dealkylation sites (tertiary alicyclic amines) is 1. The molecule has 1 aromatic carbocycles. The third-order valence-corrected chi connectivity index (χ3v) is 4.13. The van der Waals surface area contributed by atoms with Crippen molar-refractivity contribution in [2.24, 2.45) is 7.05 Å². The van der Waals surface area contributed by atoms with E-state index < -0.39 is 0 Å². The summed E-state index contributed by atoms with van der Waals surface area (Å²) in [4.78, 5) is 14.0. The molecule has 0 spiro atoms. The molecule has 1 atom stereocenters. The van der Waals surface area contributed by atoms with Crippen LogP contribution in [0.2, 0.25) is 0 Å². The quantitative estimate of drug-likeness (QED) is 0.915. The molecule has 0 bridgehead atoms. The van der Waals surface area contributed by atoms with Gasteiger partial charge in [0.2, 0.25) is 0 Å². The van der Waals surface area contributed by atoms with Crippen molar-refractivity contribution in [1.82, 2.24) is 30.4 Å². The maximum absolute atomic E-state index is 13.3. The number of benzene rings is 1. The third kappa shape index (κ3) is 3.64. The molecular formula is C15H19FN6O. The van der Waals surface area contributed by atoms with Gasteiger partial charge in [0, 0.05) is 39.0 Å². The van der Waals surface area contributed by atoms with Crippen molar-refractivity contribution >= 4 is 6.03 Å². The molecule has 8 heteroatoms. The molecular weight excluding hydrogens is 299 g/mol. The van der Waals surface area contributed by atoms with Crippen molar-refractivity contribution < 1.29 is 9.18 Å². The van der Waals surface area contributed by atoms with Crippen LogP contribution in [0.4, 0.5) is 9.18 Å². The largest absolute Gasteiger partial charge is 0.338 e. The summed E-state index contributed by atoms with van der Waals surface area (Å²) in [6, 6.07) is 6.51. The molecule has 1 aliphatic rings. The molecule has 1 aromatic heterocycles. The van der Waals surface area contributed by atoms with Gasteiger partial charge in [-0.25, -0.2) is 13.9 Å². The lowest BCUT2D eigenvalue weighted by Crippen LogP contribution is -2.39. The van der Waals surface area contributed by atoms with E-state index in [-0.39, 0.29) is 17.8 Å². The highest BCUT2D eigenvalue weighted by Crippen LogP contribution is 2.27. The fourth-order valence-corrected chi connectivity index (χ4v) is 2.83. The van der Waals surface area contributed by atoms with Crippen molar-refractivity contribution in [1.29, 1.82) is 0 Å². The summed E-state index contributed by atoms with van der Waals surface area (Å²) < 4.78 is 14.9. The molecule has 1 unspecified atom stereocenters. The molecule has 7 nitrogen and oxygen atoms in total. The van der Waals surface area contributed by atoms with E-state index in [0.717, 1.165) is 17.8 Å². The number of nitrogens with zero attached hydrogens (tertiary/aromatic N) is 5. The number of aryl methyl sites for hydroxylation is 1. The van der Waals surface area contributed by atoms with Gasteiger partial charge in [-0.1, -0.05) is 12.1 Å². The number of urea groups is 1.